The summed E-state index contributed by atoms with van der Waals surface area (Å²) in [6, 6.07) is 9.06. The van der Waals surface area contributed by atoms with Crippen LogP contribution in [0.5, 0.6) is 0 Å². The van der Waals surface area contributed by atoms with Gasteiger partial charge < -0.3 is 5.32 Å². The van der Waals surface area contributed by atoms with Gasteiger partial charge in [0.15, 0.2) is 0 Å². The molecule has 20 heavy (non-hydrogen) atoms. The van der Waals surface area contributed by atoms with Gasteiger partial charge in [-0.25, -0.2) is 8.42 Å². The summed E-state index contributed by atoms with van der Waals surface area (Å²) in [6.07, 6.45) is 0.927. The number of benzene rings is 1. The van der Waals surface area contributed by atoms with Crippen LogP contribution in [0.15, 0.2) is 24.3 Å². The van der Waals surface area contributed by atoms with Crippen molar-refractivity contribution in [2.75, 3.05) is 19.6 Å². The van der Waals surface area contributed by atoms with Crippen molar-refractivity contribution in [1.82, 2.24) is 9.62 Å². The van der Waals surface area contributed by atoms with Gasteiger partial charge in [0.1, 0.15) is 0 Å². The Morgan fingerprint density at radius 3 is 2.95 bits per heavy atom. The van der Waals surface area contributed by atoms with E-state index in [0.29, 0.717) is 23.6 Å². The Balaban J connectivity index is 1.84. The second kappa shape index (κ2) is 5.17. The third-order valence-electron chi connectivity index (χ3n) is 4.23. The van der Waals surface area contributed by atoms with Gasteiger partial charge in [-0.15, -0.1) is 0 Å². The average Bonchev–Trinajstić information content (AvgIpc) is 3.00. The van der Waals surface area contributed by atoms with Crippen LogP contribution in [0, 0.1) is 17.2 Å². The van der Waals surface area contributed by atoms with Gasteiger partial charge in [-0.3, -0.25) is 0 Å². The summed E-state index contributed by atoms with van der Waals surface area (Å²) in [5.41, 5.74) is 1.03. The Hall–Kier alpha value is -1.42. The van der Waals surface area contributed by atoms with Crippen molar-refractivity contribution >= 4 is 10.0 Å². The van der Waals surface area contributed by atoms with Crippen LogP contribution in [0.1, 0.15) is 17.5 Å². The molecule has 0 radical (unpaired) electrons. The van der Waals surface area contributed by atoms with E-state index in [0.717, 1.165) is 19.5 Å². The van der Waals surface area contributed by atoms with Crippen molar-refractivity contribution in [3.63, 3.8) is 0 Å². The predicted molar refractivity (Wildman–Crippen MR) is 75.3 cm³/mol. The molecule has 1 aromatic rings. The first kappa shape index (κ1) is 13.6. The van der Waals surface area contributed by atoms with Crippen LogP contribution < -0.4 is 5.32 Å². The molecule has 2 heterocycles. The molecule has 106 valence electrons. The van der Waals surface area contributed by atoms with E-state index in [4.69, 9.17) is 5.26 Å². The highest BCUT2D eigenvalue weighted by Gasteiger charge is 2.43. The van der Waals surface area contributed by atoms with E-state index in [1.807, 2.05) is 0 Å². The molecule has 0 spiro atoms. The van der Waals surface area contributed by atoms with Gasteiger partial charge >= 0.3 is 0 Å². The summed E-state index contributed by atoms with van der Waals surface area (Å²) in [5.74, 6) is 0.357. The summed E-state index contributed by atoms with van der Waals surface area (Å²) in [4.78, 5) is 0. The van der Waals surface area contributed by atoms with E-state index in [9.17, 15) is 8.42 Å². The number of hydrogen-bond acceptors (Lipinski definition) is 4. The zero-order valence-electron chi connectivity index (χ0n) is 11.1. The molecule has 6 heteroatoms. The van der Waals surface area contributed by atoms with Crippen molar-refractivity contribution in [2.45, 2.75) is 18.2 Å². The Bertz CT molecular complexity index is 651. The number of rotatable bonds is 3. The van der Waals surface area contributed by atoms with Crippen LogP contribution in [0.2, 0.25) is 0 Å². The van der Waals surface area contributed by atoms with Crippen LogP contribution >= 0.6 is 0 Å². The van der Waals surface area contributed by atoms with Gasteiger partial charge in [0.25, 0.3) is 0 Å². The Morgan fingerprint density at radius 1 is 1.35 bits per heavy atom. The maximum Gasteiger partial charge on any atom is 0.218 e. The number of nitrogens with one attached hydrogen (secondary N) is 1. The smallest absolute Gasteiger partial charge is 0.218 e. The maximum atomic E-state index is 12.6. The molecule has 5 nitrogen and oxygen atoms in total. The van der Waals surface area contributed by atoms with E-state index in [1.165, 1.54) is 0 Å². The van der Waals surface area contributed by atoms with Gasteiger partial charge in [-0.2, -0.15) is 9.57 Å². The van der Waals surface area contributed by atoms with Gasteiger partial charge in [-0.1, -0.05) is 18.2 Å². The molecule has 2 aliphatic rings. The number of nitrogens with zero attached hydrogens (tertiary/aromatic N) is 2. The highest BCUT2D eigenvalue weighted by molar-refractivity contribution is 7.88. The lowest BCUT2D eigenvalue weighted by Crippen LogP contribution is -2.39. The van der Waals surface area contributed by atoms with E-state index in [1.54, 1.807) is 28.6 Å². The zero-order chi connectivity index (χ0) is 14.2. The van der Waals surface area contributed by atoms with E-state index in [2.05, 4.69) is 11.4 Å². The van der Waals surface area contributed by atoms with E-state index in [-0.39, 0.29) is 11.8 Å². The van der Waals surface area contributed by atoms with Crippen molar-refractivity contribution < 1.29 is 8.42 Å². The maximum absolute atomic E-state index is 12.6. The molecule has 0 aliphatic carbocycles. The highest BCUT2D eigenvalue weighted by atomic mass is 32.2. The summed E-state index contributed by atoms with van der Waals surface area (Å²) < 4.78 is 26.8. The summed E-state index contributed by atoms with van der Waals surface area (Å²) in [5, 5.41) is 12.3. The van der Waals surface area contributed by atoms with Gasteiger partial charge in [0.2, 0.25) is 10.0 Å². The fraction of sp³-hybridized carbons (Fsp3) is 0.500. The largest absolute Gasteiger partial charge is 0.315 e. The minimum absolute atomic E-state index is 0.0834. The van der Waals surface area contributed by atoms with Crippen LogP contribution in [-0.2, 0) is 15.8 Å². The Labute approximate surface area is 119 Å². The summed E-state index contributed by atoms with van der Waals surface area (Å²) in [6.45, 7) is 2.25. The summed E-state index contributed by atoms with van der Waals surface area (Å²) in [7, 11) is -3.36. The number of hydrogen-bond donors (Lipinski definition) is 1. The van der Waals surface area contributed by atoms with Crippen molar-refractivity contribution in [3.8, 4) is 6.07 Å². The SMILES string of the molecule is N#Cc1ccccc1CS(=O)(=O)N1CC[C@H]2CNC[C@H]21. The van der Waals surface area contributed by atoms with Gasteiger partial charge in [0.05, 0.1) is 17.4 Å². The Morgan fingerprint density at radius 2 is 2.15 bits per heavy atom. The number of nitriles is 1. The van der Waals surface area contributed by atoms with Crippen molar-refractivity contribution in [3.05, 3.63) is 35.4 Å². The number of sulfonamides is 1. The van der Waals surface area contributed by atoms with Crippen molar-refractivity contribution in [1.29, 1.82) is 5.26 Å². The molecule has 0 unspecified atom stereocenters. The molecular formula is C14H17N3O2S. The monoisotopic (exact) mass is 291 g/mol. The third kappa shape index (κ3) is 2.33. The molecule has 1 N–H and O–H groups in total. The second-order valence-corrected chi connectivity index (χ2v) is 7.33. The second-order valence-electron chi connectivity index (χ2n) is 5.41. The standard InChI is InChI=1S/C14H17N3O2S/c15-7-11-3-1-2-4-13(11)10-20(18,19)17-6-5-12-8-16-9-14(12)17/h1-4,12,14,16H,5-6,8-10H2/t12-,14+/m0/s1. The predicted octanol–water partition coefficient (Wildman–Crippen LogP) is 0.682. The third-order valence-corrected chi connectivity index (χ3v) is 6.07. The minimum atomic E-state index is -3.36. The van der Waals surface area contributed by atoms with E-state index >= 15 is 0 Å². The minimum Gasteiger partial charge on any atom is -0.315 e. The van der Waals surface area contributed by atoms with Crippen LogP contribution in [-0.4, -0.2) is 38.4 Å². The normalized spacial score (nSPS) is 26.4. The first-order valence-corrected chi connectivity index (χ1v) is 8.41. The molecule has 0 aromatic heterocycles. The lowest BCUT2D eigenvalue weighted by molar-refractivity contribution is 0.382. The van der Waals surface area contributed by atoms with Crippen molar-refractivity contribution in [2.24, 2.45) is 5.92 Å². The topological polar surface area (TPSA) is 73.2 Å². The van der Waals surface area contributed by atoms with Crippen LogP contribution in [0.3, 0.4) is 0 Å². The number of fused-ring (bicyclic) bond motifs is 1. The average molecular weight is 291 g/mol. The van der Waals surface area contributed by atoms with Crippen LogP contribution in [0.25, 0.3) is 0 Å². The molecule has 2 fully saturated rings. The van der Waals surface area contributed by atoms with Gasteiger partial charge in [0, 0.05) is 19.1 Å². The molecule has 2 atom stereocenters. The molecule has 3 rings (SSSR count). The molecule has 2 saturated heterocycles. The fourth-order valence-electron chi connectivity index (χ4n) is 3.19. The molecule has 2 aliphatic heterocycles. The first-order chi connectivity index (χ1) is 9.62. The zero-order valence-corrected chi connectivity index (χ0v) is 11.9. The molecule has 0 amide bonds. The quantitative estimate of drug-likeness (QED) is 0.889. The molecule has 1 aromatic carbocycles. The Kier molecular flexibility index (Phi) is 3.50. The van der Waals surface area contributed by atoms with E-state index < -0.39 is 10.0 Å². The lowest BCUT2D eigenvalue weighted by atomic mass is 10.1. The first-order valence-electron chi connectivity index (χ1n) is 6.80. The highest BCUT2D eigenvalue weighted by Crippen LogP contribution is 2.31. The van der Waals surface area contributed by atoms with Crippen LogP contribution in [0.4, 0.5) is 0 Å². The molecular weight excluding hydrogens is 274 g/mol. The lowest BCUT2D eigenvalue weighted by Gasteiger charge is -2.23. The molecule has 0 bridgehead atoms. The fourth-order valence-corrected chi connectivity index (χ4v) is 5.04. The summed E-state index contributed by atoms with van der Waals surface area (Å²) >= 11 is 0. The molecule has 0 saturated carbocycles. The van der Waals surface area contributed by atoms with Gasteiger partial charge in [-0.05, 0) is 30.5 Å².